The first kappa shape index (κ1) is 36.1. The van der Waals surface area contributed by atoms with Gasteiger partial charge in [0.15, 0.2) is 0 Å². The van der Waals surface area contributed by atoms with Crippen molar-refractivity contribution < 1.29 is 5.11 Å². The van der Waals surface area contributed by atoms with Crippen LogP contribution in [0.15, 0.2) is 95.8 Å². The minimum absolute atomic E-state index is 0.123. The number of aliphatic hydroxyl groups excluding tert-OH is 1. The summed E-state index contributed by atoms with van der Waals surface area (Å²) in [5, 5.41) is 11.3. The van der Waals surface area contributed by atoms with E-state index in [-0.39, 0.29) is 11.5 Å². The second-order valence-electron chi connectivity index (χ2n) is 19.6. The third-order valence-corrected chi connectivity index (χ3v) is 16.6. The number of aliphatic hydroxyl groups is 1. The van der Waals surface area contributed by atoms with E-state index < -0.39 is 0 Å². The first-order valence-corrected chi connectivity index (χ1v) is 22.5. The number of hydrogen-bond donors (Lipinski definition) is 1. The monoisotopic (exact) mass is 712 g/mol. The molecule has 0 amide bonds. The van der Waals surface area contributed by atoms with Crippen LogP contribution in [0.4, 0.5) is 0 Å². The maximum absolute atomic E-state index is 11.3. The molecule has 9 rings (SSSR count). The lowest BCUT2D eigenvalue weighted by Gasteiger charge is -2.59. The third kappa shape index (κ3) is 6.84. The summed E-state index contributed by atoms with van der Waals surface area (Å²) in [6.07, 6.45) is 44.5. The lowest BCUT2D eigenvalue weighted by Crippen LogP contribution is -2.63. The van der Waals surface area contributed by atoms with E-state index in [2.05, 4.69) is 105 Å². The van der Waals surface area contributed by atoms with Gasteiger partial charge in [0.25, 0.3) is 0 Å². The highest BCUT2D eigenvalue weighted by Crippen LogP contribution is 2.57. The van der Waals surface area contributed by atoms with E-state index in [1.54, 1.807) is 28.0 Å². The van der Waals surface area contributed by atoms with Crippen LogP contribution >= 0.6 is 0 Å². The van der Waals surface area contributed by atoms with Crippen LogP contribution in [0.3, 0.4) is 0 Å². The predicted molar refractivity (Wildman–Crippen MR) is 221 cm³/mol. The SMILES string of the molecule is C/C(=C\CCC1C2C=CCCC2N1C1=CC(C2C=CC3c4ccccc4C(C)(C)C3C2)CC(C2=CCCCC2)C1)C1CCC(C2CC=CCC2)C(O)C1. The molecule has 284 valence electrons. The zero-order chi connectivity index (χ0) is 36.1. The van der Waals surface area contributed by atoms with Gasteiger partial charge in [-0.2, -0.15) is 0 Å². The fraction of sp³-hybridized carbons (Fsp3) is 0.647. The molecule has 7 aliphatic carbocycles. The van der Waals surface area contributed by atoms with Crippen LogP contribution in [0.2, 0.25) is 0 Å². The van der Waals surface area contributed by atoms with Crippen LogP contribution in [0.5, 0.6) is 0 Å². The molecule has 1 saturated heterocycles. The molecule has 1 N–H and O–H groups in total. The highest BCUT2D eigenvalue weighted by Gasteiger charge is 2.51. The molecule has 1 aliphatic heterocycles. The fourth-order valence-electron chi connectivity index (χ4n) is 13.5. The molecule has 2 nitrogen and oxygen atoms in total. The number of likely N-dealkylation sites (tertiary alicyclic amines) is 1. The zero-order valence-electron chi connectivity index (χ0n) is 33.3. The van der Waals surface area contributed by atoms with Crippen molar-refractivity contribution in [1.82, 2.24) is 4.90 Å². The van der Waals surface area contributed by atoms with E-state index in [9.17, 15) is 5.11 Å². The van der Waals surface area contributed by atoms with Gasteiger partial charge in [0, 0.05) is 29.6 Å². The van der Waals surface area contributed by atoms with Gasteiger partial charge in [-0.15, -0.1) is 0 Å². The summed E-state index contributed by atoms with van der Waals surface area (Å²) >= 11 is 0. The van der Waals surface area contributed by atoms with Gasteiger partial charge in [0.1, 0.15) is 0 Å². The van der Waals surface area contributed by atoms with E-state index in [4.69, 9.17) is 0 Å². The smallest absolute Gasteiger partial charge is 0.0576 e. The second kappa shape index (κ2) is 15.2. The first-order valence-electron chi connectivity index (χ1n) is 22.5. The number of rotatable bonds is 8. The van der Waals surface area contributed by atoms with Crippen molar-refractivity contribution in [2.24, 2.45) is 47.3 Å². The normalized spacial score (nSPS) is 40.5. The summed E-state index contributed by atoms with van der Waals surface area (Å²) in [7, 11) is 0. The molecule has 0 aromatic heterocycles. The number of benzene rings is 1. The van der Waals surface area contributed by atoms with Crippen LogP contribution in [-0.2, 0) is 5.41 Å². The molecule has 0 radical (unpaired) electrons. The molecule has 12 atom stereocenters. The van der Waals surface area contributed by atoms with Crippen molar-refractivity contribution in [2.75, 3.05) is 0 Å². The number of nitrogens with zero attached hydrogens (tertiary/aromatic N) is 1. The number of hydrogen-bond acceptors (Lipinski definition) is 2. The van der Waals surface area contributed by atoms with Gasteiger partial charge < -0.3 is 10.0 Å². The van der Waals surface area contributed by atoms with Gasteiger partial charge >= 0.3 is 0 Å². The Hall–Kier alpha value is -2.58. The molecule has 12 unspecified atom stereocenters. The molecular formula is C51H69NO. The summed E-state index contributed by atoms with van der Waals surface area (Å²) in [6, 6.07) is 10.7. The van der Waals surface area contributed by atoms with Crippen molar-refractivity contribution >= 4 is 0 Å². The topological polar surface area (TPSA) is 23.5 Å². The zero-order valence-corrected chi connectivity index (χ0v) is 33.3. The average molecular weight is 712 g/mol. The van der Waals surface area contributed by atoms with Crippen molar-refractivity contribution in [3.05, 3.63) is 107 Å². The number of fused-ring (bicyclic) bond motifs is 4. The molecule has 0 spiro atoms. The predicted octanol–water partition coefficient (Wildman–Crippen LogP) is 12.5. The van der Waals surface area contributed by atoms with Crippen molar-refractivity contribution in [2.45, 2.75) is 159 Å². The largest absolute Gasteiger partial charge is 0.393 e. The van der Waals surface area contributed by atoms with Gasteiger partial charge in [-0.25, -0.2) is 0 Å². The van der Waals surface area contributed by atoms with Gasteiger partial charge in [-0.1, -0.05) is 104 Å². The van der Waals surface area contributed by atoms with Gasteiger partial charge in [0.2, 0.25) is 0 Å². The highest BCUT2D eigenvalue weighted by molar-refractivity contribution is 5.46. The first-order chi connectivity index (χ1) is 25.9. The van der Waals surface area contributed by atoms with E-state index >= 15 is 0 Å². The second-order valence-corrected chi connectivity index (χ2v) is 19.6. The van der Waals surface area contributed by atoms with Crippen LogP contribution in [0.25, 0.3) is 0 Å². The Kier molecular flexibility index (Phi) is 10.3. The average Bonchev–Trinajstić information content (AvgIpc) is 3.42. The Morgan fingerprint density at radius 1 is 0.906 bits per heavy atom. The Balaban J connectivity index is 0.925. The van der Waals surface area contributed by atoms with Crippen LogP contribution in [0.1, 0.15) is 147 Å². The fourth-order valence-corrected chi connectivity index (χ4v) is 13.5. The summed E-state index contributed by atoms with van der Waals surface area (Å²) in [6.45, 7) is 7.45. The van der Waals surface area contributed by atoms with Crippen molar-refractivity contribution in [1.29, 1.82) is 0 Å². The maximum Gasteiger partial charge on any atom is 0.0576 e. The Bertz CT molecular complexity index is 1670. The lowest BCUT2D eigenvalue weighted by atomic mass is 9.64. The van der Waals surface area contributed by atoms with E-state index in [0.29, 0.717) is 65.3 Å². The van der Waals surface area contributed by atoms with Gasteiger partial charge in [0.05, 0.1) is 6.10 Å². The van der Waals surface area contributed by atoms with Crippen molar-refractivity contribution in [3.63, 3.8) is 0 Å². The Labute approximate surface area is 322 Å². The molecule has 2 heteroatoms. The van der Waals surface area contributed by atoms with Crippen LogP contribution in [-0.4, -0.2) is 28.2 Å². The van der Waals surface area contributed by atoms with E-state index in [1.807, 2.05) is 0 Å². The molecule has 53 heavy (non-hydrogen) atoms. The molecule has 1 aromatic rings. The van der Waals surface area contributed by atoms with Crippen LogP contribution < -0.4 is 0 Å². The van der Waals surface area contributed by atoms with E-state index in [0.717, 1.165) is 6.42 Å². The summed E-state index contributed by atoms with van der Waals surface area (Å²) in [5.74, 6) is 5.74. The number of allylic oxidation sites excluding steroid dienone is 11. The summed E-state index contributed by atoms with van der Waals surface area (Å²) in [5.41, 5.74) is 8.47. The van der Waals surface area contributed by atoms with Crippen molar-refractivity contribution in [3.8, 4) is 0 Å². The molecule has 2 fully saturated rings. The minimum atomic E-state index is -0.123. The Morgan fingerprint density at radius 2 is 1.79 bits per heavy atom. The van der Waals surface area contributed by atoms with E-state index in [1.165, 1.54) is 103 Å². The molecule has 1 aromatic carbocycles. The Morgan fingerprint density at radius 3 is 2.62 bits per heavy atom. The maximum atomic E-state index is 11.3. The summed E-state index contributed by atoms with van der Waals surface area (Å²) < 4.78 is 0. The molecule has 0 bridgehead atoms. The standard InChI is InChI=1S/C51H69NO/c1-34(37-25-27-42(50(53)33-37)36-18-8-5-9-19-36)15-14-24-49-45-21-11-13-23-48(45)52(49)41-30-39(35-16-6-4-7-17-35)29-40(31-41)38-26-28-44-43-20-10-12-22-46(43)51(2,3)47(44)32-38/h5,8,10-12,15-16,20-22,26,28,31,36-40,42,44-45,47-50,53H,4,6-7,9,13-14,17-19,23-25,27,29-30,32-33H2,1-3H3/b34-15+. The summed E-state index contributed by atoms with van der Waals surface area (Å²) in [4.78, 5) is 3.00. The molecule has 8 aliphatic rings. The minimum Gasteiger partial charge on any atom is -0.393 e. The van der Waals surface area contributed by atoms with Crippen LogP contribution in [0, 0.1) is 47.3 Å². The molecule has 1 saturated carbocycles. The molecule has 1 heterocycles. The lowest BCUT2D eigenvalue weighted by molar-refractivity contribution is -0.0204. The van der Waals surface area contributed by atoms with Gasteiger partial charge in [-0.3, -0.25) is 0 Å². The molecular weight excluding hydrogens is 643 g/mol. The third-order valence-electron chi connectivity index (χ3n) is 16.6. The highest BCUT2D eigenvalue weighted by atomic mass is 16.3. The quantitative estimate of drug-likeness (QED) is 0.271. The van der Waals surface area contributed by atoms with Gasteiger partial charge in [-0.05, 0) is 174 Å².